The maximum atomic E-state index is 12.2. The Morgan fingerprint density at radius 3 is 2.30 bits per heavy atom. The van der Waals surface area contributed by atoms with Crippen molar-refractivity contribution in [3.8, 4) is 5.75 Å². The smallest absolute Gasteiger partial charge is 0.410 e. The number of rotatable bonds is 4. The Hall–Kier alpha value is -1.95. The number of carbonyl (C=O) groups is 2. The molecule has 1 aromatic rings. The van der Waals surface area contributed by atoms with Crippen molar-refractivity contribution < 1.29 is 19.1 Å². The first-order chi connectivity index (χ1) is 12.7. The van der Waals surface area contributed by atoms with Gasteiger partial charge in [-0.05, 0) is 69.7 Å². The quantitative estimate of drug-likeness (QED) is 0.848. The van der Waals surface area contributed by atoms with E-state index < -0.39 is 5.60 Å². The molecule has 1 aliphatic heterocycles. The van der Waals surface area contributed by atoms with Crippen LogP contribution >= 0.6 is 11.6 Å². The van der Waals surface area contributed by atoms with E-state index in [1.54, 1.807) is 29.2 Å². The second kappa shape index (κ2) is 7.97. The number of carbonyl (C=O) groups excluding carboxylic acids is 2. The average Bonchev–Trinajstić information content (AvgIpc) is 3.11. The number of amides is 2. The van der Waals surface area contributed by atoms with Crippen molar-refractivity contribution in [3.63, 3.8) is 0 Å². The van der Waals surface area contributed by atoms with Crippen LogP contribution in [-0.2, 0) is 9.53 Å². The van der Waals surface area contributed by atoms with Gasteiger partial charge in [0, 0.05) is 24.2 Å². The van der Waals surface area contributed by atoms with Crippen LogP contribution in [0.4, 0.5) is 4.79 Å². The molecule has 1 saturated heterocycles. The zero-order chi connectivity index (χ0) is 19.6. The molecule has 1 aliphatic carbocycles. The third kappa shape index (κ3) is 5.51. The largest absolute Gasteiger partial charge is 0.484 e. The van der Waals surface area contributed by atoms with Crippen molar-refractivity contribution in [2.24, 2.45) is 11.8 Å². The fourth-order valence-corrected chi connectivity index (χ4v) is 3.97. The van der Waals surface area contributed by atoms with Crippen molar-refractivity contribution in [2.45, 2.75) is 45.3 Å². The van der Waals surface area contributed by atoms with Gasteiger partial charge in [-0.1, -0.05) is 11.6 Å². The van der Waals surface area contributed by atoms with Crippen LogP contribution in [0, 0.1) is 11.8 Å². The highest BCUT2D eigenvalue weighted by Crippen LogP contribution is 2.38. The minimum absolute atomic E-state index is 0.0164. The molecule has 0 aromatic heterocycles. The second-order valence-electron chi connectivity index (χ2n) is 8.38. The van der Waals surface area contributed by atoms with Crippen molar-refractivity contribution in [2.75, 3.05) is 19.7 Å². The van der Waals surface area contributed by atoms with Crippen molar-refractivity contribution >= 4 is 23.6 Å². The Labute approximate surface area is 165 Å². The average molecular weight is 395 g/mol. The van der Waals surface area contributed by atoms with Crippen molar-refractivity contribution in [3.05, 3.63) is 29.3 Å². The standard InChI is InChI=1S/C20H27ClN2O4/c1-20(2,3)27-19(25)23-10-13-8-16(9-14(13)11-23)22-18(24)12-26-17-6-4-15(21)5-7-17/h4-7,13-14,16H,8-12H2,1-3H3,(H,22,24)/t13-,14+,16+. The lowest BCUT2D eigenvalue weighted by molar-refractivity contribution is -0.123. The van der Waals surface area contributed by atoms with Gasteiger partial charge >= 0.3 is 6.09 Å². The van der Waals surface area contributed by atoms with E-state index in [0.717, 1.165) is 12.8 Å². The zero-order valence-electron chi connectivity index (χ0n) is 16.0. The van der Waals surface area contributed by atoms with Gasteiger partial charge in [-0.15, -0.1) is 0 Å². The van der Waals surface area contributed by atoms with E-state index >= 15 is 0 Å². The first-order valence-corrected chi connectivity index (χ1v) is 9.73. The highest BCUT2D eigenvalue weighted by atomic mass is 35.5. The summed E-state index contributed by atoms with van der Waals surface area (Å²) >= 11 is 5.83. The van der Waals surface area contributed by atoms with Crippen molar-refractivity contribution in [1.82, 2.24) is 10.2 Å². The monoisotopic (exact) mass is 394 g/mol. The number of likely N-dealkylation sites (tertiary alicyclic amines) is 1. The number of nitrogens with zero attached hydrogens (tertiary/aromatic N) is 1. The summed E-state index contributed by atoms with van der Waals surface area (Å²) in [5, 5.41) is 3.68. The molecule has 2 amide bonds. The molecule has 1 aromatic carbocycles. The van der Waals surface area contributed by atoms with Crippen LogP contribution in [0.15, 0.2) is 24.3 Å². The molecule has 1 saturated carbocycles. The summed E-state index contributed by atoms with van der Waals surface area (Å²) < 4.78 is 10.9. The number of benzene rings is 1. The topological polar surface area (TPSA) is 67.9 Å². The molecule has 1 heterocycles. The molecule has 0 unspecified atom stereocenters. The summed E-state index contributed by atoms with van der Waals surface area (Å²) in [6, 6.07) is 7.07. The molecule has 6 nitrogen and oxygen atoms in total. The third-order valence-electron chi connectivity index (χ3n) is 4.95. The Balaban J connectivity index is 1.40. The molecule has 0 spiro atoms. The van der Waals surface area contributed by atoms with Crippen LogP contribution in [0.3, 0.4) is 0 Å². The van der Waals surface area contributed by atoms with E-state index in [2.05, 4.69) is 5.32 Å². The maximum Gasteiger partial charge on any atom is 0.410 e. The van der Waals surface area contributed by atoms with Gasteiger partial charge in [0.1, 0.15) is 11.4 Å². The second-order valence-corrected chi connectivity index (χ2v) is 8.82. The maximum absolute atomic E-state index is 12.2. The normalized spacial score (nSPS) is 24.4. The molecule has 3 rings (SSSR count). The van der Waals surface area contributed by atoms with Crippen LogP contribution in [-0.4, -0.2) is 48.2 Å². The molecule has 27 heavy (non-hydrogen) atoms. The van der Waals surface area contributed by atoms with Gasteiger partial charge in [-0.3, -0.25) is 4.79 Å². The van der Waals surface area contributed by atoms with Crippen LogP contribution in [0.1, 0.15) is 33.6 Å². The summed E-state index contributed by atoms with van der Waals surface area (Å²) in [6.07, 6.45) is 1.53. The molecule has 2 aliphatic rings. The molecule has 0 radical (unpaired) electrons. The predicted octanol–water partition coefficient (Wildman–Crippen LogP) is 3.48. The van der Waals surface area contributed by atoms with Gasteiger partial charge in [0.15, 0.2) is 6.61 Å². The molecule has 1 N–H and O–H groups in total. The fraction of sp³-hybridized carbons (Fsp3) is 0.600. The van der Waals surface area contributed by atoms with Gasteiger partial charge < -0.3 is 19.7 Å². The summed E-state index contributed by atoms with van der Waals surface area (Å²) in [4.78, 5) is 26.1. The first-order valence-electron chi connectivity index (χ1n) is 9.35. The van der Waals surface area contributed by atoms with E-state index in [4.69, 9.17) is 21.1 Å². The van der Waals surface area contributed by atoms with Crippen LogP contribution in [0.25, 0.3) is 0 Å². The highest BCUT2D eigenvalue weighted by molar-refractivity contribution is 6.30. The number of nitrogens with one attached hydrogen (secondary N) is 1. The molecule has 2 fully saturated rings. The molecule has 148 valence electrons. The van der Waals surface area contributed by atoms with Gasteiger partial charge in [0.05, 0.1) is 0 Å². The van der Waals surface area contributed by atoms with E-state index in [1.165, 1.54) is 0 Å². The number of hydrogen-bond donors (Lipinski definition) is 1. The van der Waals surface area contributed by atoms with Gasteiger partial charge in [0.2, 0.25) is 0 Å². The van der Waals surface area contributed by atoms with Crippen molar-refractivity contribution in [1.29, 1.82) is 0 Å². The lowest BCUT2D eigenvalue weighted by atomic mass is 10.0. The summed E-state index contributed by atoms with van der Waals surface area (Å²) in [5.41, 5.74) is -0.477. The lowest BCUT2D eigenvalue weighted by Gasteiger charge is -2.25. The number of halogens is 1. The zero-order valence-corrected chi connectivity index (χ0v) is 16.8. The van der Waals surface area contributed by atoms with E-state index in [-0.39, 0.29) is 24.6 Å². The first kappa shape index (κ1) is 19.8. The minimum Gasteiger partial charge on any atom is -0.484 e. The summed E-state index contributed by atoms with van der Waals surface area (Å²) in [5.74, 6) is 1.32. The Kier molecular flexibility index (Phi) is 5.84. The van der Waals surface area contributed by atoms with Crippen LogP contribution in [0.2, 0.25) is 5.02 Å². The molecular weight excluding hydrogens is 368 g/mol. The molecule has 7 heteroatoms. The van der Waals surface area contributed by atoms with Crippen LogP contribution < -0.4 is 10.1 Å². The van der Waals surface area contributed by atoms with E-state index in [9.17, 15) is 9.59 Å². The minimum atomic E-state index is -0.477. The predicted molar refractivity (Wildman–Crippen MR) is 103 cm³/mol. The van der Waals surface area contributed by atoms with E-state index in [0.29, 0.717) is 35.7 Å². The Morgan fingerprint density at radius 1 is 1.15 bits per heavy atom. The number of ether oxygens (including phenoxy) is 2. The fourth-order valence-electron chi connectivity index (χ4n) is 3.84. The number of hydrogen-bond acceptors (Lipinski definition) is 4. The SMILES string of the molecule is CC(C)(C)OC(=O)N1C[C@H]2C[C@H](NC(=O)COc3ccc(Cl)cc3)C[C@H]2C1. The summed E-state index contributed by atoms with van der Waals surface area (Å²) in [7, 11) is 0. The van der Waals surface area contributed by atoms with E-state index in [1.807, 2.05) is 20.8 Å². The van der Waals surface area contributed by atoms with Gasteiger partial charge in [-0.2, -0.15) is 0 Å². The summed E-state index contributed by atoms with van der Waals surface area (Å²) in [6.45, 7) is 7.01. The Morgan fingerprint density at radius 2 is 1.74 bits per heavy atom. The highest BCUT2D eigenvalue weighted by Gasteiger charge is 2.43. The molecule has 0 bridgehead atoms. The number of fused-ring (bicyclic) bond motifs is 1. The van der Waals surface area contributed by atoms with Gasteiger partial charge in [0.25, 0.3) is 5.91 Å². The molecular formula is C20H27ClN2O4. The van der Waals surface area contributed by atoms with Crippen LogP contribution in [0.5, 0.6) is 5.75 Å². The lowest BCUT2D eigenvalue weighted by Crippen LogP contribution is -2.39. The molecule has 3 atom stereocenters. The third-order valence-corrected chi connectivity index (χ3v) is 5.20. The Bertz CT molecular complexity index is 672. The van der Waals surface area contributed by atoms with Gasteiger partial charge in [-0.25, -0.2) is 4.79 Å².